The molecule has 27 heavy (non-hydrogen) atoms. The van der Waals surface area contributed by atoms with Gasteiger partial charge in [-0.25, -0.2) is 4.98 Å². The smallest absolute Gasteiger partial charge is 0.119 e. The molecule has 6 nitrogen and oxygen atoms in total. The van der Waals surface area contributed by atoms with Crippen LogP contribution in [-0.4, -0.2) is 38.3 Å². The third-order valence-corrected chi connectivity index (χ3v) is 5.43. The molecule has 0 spiro atoms. The van der Waals surface area contributed by atoms with Gasteiger partial charge in [0.15, 0.2) is 0 Å². The molecule has 4 rings (SSSR count). The first kappa shape index (κ1) is 17.8. The number of aryl methyl sites for hydroxylation is 1. The minimum absolute atomic E-state index is 0.237. The van der Waals surface area contributed by atoms with Crippen LogP contribution in [-0.2, 0) is 19.6 Å². The van der Waals surface area contributed by atoms with Crippen molar-refractivity contribution in [1.82, 2.24) is 24.6 Å². The van der Waals surface area contributed by atoms with Gasteiger partial charge in [0.1, 0.15) is 5.75 Å². The van der Waals surface area contributed by atoms with Crippen LogP contribution in [0.15, 0.2) is 36.8 Å². The monoisotopic (exact) mass is 365 g/mol. The van der Waals surface area contributed by atoms with E-state index in [1.807, 2.05) is 18.6 Å². The number of nitrogens with one attached hydrogen (secondary N) is 1. The molecule has 1 aliphatic heterocycles. The lowest BCUT2D eigenvalue weighted by Crippen LogP contribution is -2.34. The fourth-order valence-electron chi connectivity index (χ4n) is 3.95. The zero-order valence-electron chi connectivity index (χ0n) is 16.3. The largest absolute Gasteiger partial charge is 0.497 e. The van der Waals surface area contributed by atoms with Gasteiger partial charge < -0.3 is 9.72 Å². The Morgan fingerprint density at radius 3 is 3.04 bits per heavy atom. The minimum atomic E-state index is 0.237. The molecule has 0 saturated heterocycles. The molecule has 0 aliphatic carbocycles. The topological polar surface area (TPSA) is 59.0 Å². The number of imidazole rings is 1. The predicted molar refractivity (Wildman–Crippen MR) is 105 cm³/mol. The van der Waals surface area contributed by atoms with Crippen molar-refractivity contribution in [3.63, 3.8) is 0 Å². The average molecular weight is 365 g/mol. The maximum absolute atomic E-state index is 5.43. The fourth-order valence-corrected chi connectivity index (χ4v) is 3.95. The second-order valence-corrected chi connectivity index (χ2v) is 7.24. The second-order valence-electron chi connectivity index (χ2n) is 7.24. The van der Waals surface area contributed by atoms with E-state index in [1.54, 1.807) is 7.11 Å². The molecule has 142 valence electrons. The van der Waals surface area contributed by atoms with E-state index in [9.17, 15) is 0 Å². The van der Waals surface area contributed by atoms with E-state index < -0.39 is 0 Å². The summed E-state index contributed by atoms with van der Waals surface area (Å²) in [5, 5.41) is 4.56. The van der Waals surface area contributed by atoms with Crippen molar-refractivity contribution >= 4 is 0 Å². The minimum Gasteiger partial charge on any atom is -0.497 e. The van der Waals surface area contributed by atoms with Crippen LogP contribution >= 0.6 is 0 Å². The third-order valence-electron chi connectivity index (χ3n) is 5.43. The Morgan fingerprint density at radius 1 is 1.33 bits per heavy atom. The van der Waals surface area contributed by atoms with Gasteiger partial charge in [0.2, 0.25) is 0 Å². The van der Waals surface area contributed by atoms with Gasteiger partial charge in [-0.2, -0.15) is 5.10 Å². The summed E-state index contributed by atoms with van der Waals surface area (Å²) in [6.45, 7) is 8.04. The van der Waals surface area contributed by atoms with Gasteiger partial charge >= 0.3 is 0 Å². The molecular weight excluding hydrogens is 338 g/mol. The predicted octanol–water partition coefficient (Wildman–Crippen LogP) is 3.48. The molecular formula is C21H27N5O. The molecule has 6 heteroatoms. The highest BCUT2D eigenvalue weighted by Gasteiger charge is 2.29. The molecule has 1 N–H and O–H groups in total. The van der Waals surface area contributed by atoms with Crippen LogP contribution in [0.4, 0.5) is 0 Å². The van der Waals surface area contributed by atoms with Gasteiger partial charge in [-0.05, 0) is 31.0 Å². The number of aromatic nitrogens is 4. The van der Waals surface area contributed by atoms with Crippen molar-refractivity contribution in [2.75, 3.05) is 13.7 Å². The lowest BCUT2D eigenvalue weighted by atomic mass is 9.90. The number of methoxy groups -OCH3 is 1. The molecule has 0 radical (unpaired) electrons. The quantitative estimate of drug-likeness (QED) is 0.726. The first-order valence-electron chi connectivity index (χ1n) is 9.59. The van der Waals surface area contributed by atoms with Gasteiger partial charge in [-0.15, -0.1) is 0 Å². The number of aromatic amines is 1. The molecule has 0 bridgehead atoms. The summed E-state index contributed by atoms with van der Waals surface area (Å²) < 4.78 is 7.54. The van der Waals surface area contributed by atoms with E-state index in [1.165, 1.54) is 22.5 Å². The van der Waals surface area contributed by atoms with Gasteiger partial charge in [0.25, 0.3) is 0 Å². The number of hydrogen-bond acceptors (Lipinski definition) is 4. The Labute approximate surface area is 160 Å². The average Bonchev–Trinajstić information content (AvgIpc) is 3.30. The number of benzene rings is 1. The van der Waals surface area contributed by atoms with E-state index in [4.69, 9.17) is 4.74 Å². The Morgan fingerprint density at radius 2 is 2.22 bits per heavy atom. The highest BCUT2D eigenvalue weighted by molar-refractivity contribution is 5.38. The van der Waals surface area contributed by atoms with Gasteiger partial charge in [-0.1, -0.05) is 19.1 Å². The van der Waals surface area contributed by atoms with Gasteiger partial charge in [-0.3, -0.25) is 9.58 Å². The van der Waals surface area contributed by atoms with Gasteiger partial charge in [0, 0.05) is 43.4 Å². The van der Waals surface area contributed by atoms with Crippen LogP contribution in [0.2, 0.25) is 0 Å². The SMILES string of the molecule is CCCn1ncc(CN2Cc3[nH]cnc3C(c3cccc(OC)c3)C2)c1C. The van der Waals surface area contributed by atoms with Crippen LogP contribution in [0.5, 0.6) is 5.75 Å². The highest BCUT2D eigenvalue weighted by Crippen LogP contribution is 2.33. The van der Waals surface area contributed by atoms with E-state index in [2.05, 4.69) is 56.7 Å². The molecule has 0 amide bonds. The maximum atomic E-state index is 5.43. The summed E-state index contributed by atoms with van der Waals surface area (Å²) >= 11 is 0. The van der Waals surface area contributed by atoms with Crippen molar-refractivity contribution in [1.29, 1.82) is 0 Å². The normalized spacial score (nSPS) is 17.1. The highest BCUT2D eigenvalue weighted by atomic mass is 16.5. The van der Waals surface area contributed by atoms with Crippen molar-refractivity contribution in [2.45, 2.75) is 45.8 Å². The summed E-state index contributed by atoms with van der Waals surface area (Å²) in [4.78, 5) is 10.4. The van der Waals surface area contributed by atoms with E-state index in [0.29, 0.717) is 0 Å². The lowest BCUT2D eigenvalue weighted by molar-refractivity contribution is 0.227. The second kappa shape index (κ2) is 7.56. The lowest BCUT2D eigenvalue weighted by Gasteiger charge is -2.32. The number of fused-ring (bicyclic) bond motifs is 1. The van der Waals surface area contributed by atoms with Gasteiger partial charge in [0.05, 0.1) is 31.0 Å². The number of hydrogen-bond donors (Lipinski definition) is 1. The van der Waals surface area contributed by atoms with E-state index in [0.717, 1.165) is 44.0 Å². The van der Waals surface area contributed by atoms with E-state index >= 15 is 0 Å². The van der Waals surface area contributed by atoms with Crippen LogP contribution in [0, 0.1) is 6.92 Å². The summed E-state index contributed by atoms with van der Waals surface area (Å²) in [6.07, 6.45) is 4.93. The summed E-state index contributed by atoms with van der Waals surface area (Å²) in [5.41, 5.74) is 6.16. The van der Waals surface area contributed by atoms with Crippen molar-refractivity contribution in [3.8, 4) is 5.75 Å². The molecule has 2 aromatic heterocycles. The molecule has 3 heterocycles. The number of nitrogens with zero attached hydrogens (tertiary/aromatic N) is 4. The zero-order valence-corrected chi connectivity index (χ0v) is 16.3. The fraction of sp³-hybridized carbons (Fsp3) is 0.429. The van der Waals surface area contributed by atoms with Crippen LogP contribution in [0.3, 0.4) is 0 Å². The molecule has 1 atom stereocenters. The Bertz CT molecular complexity index is 913. The third kappa shape index (κ3) is 3.49. The van der Waals surface area contributed by atoms with E-state index in [-0.39, 0.29) is 5.92 Å². The Hall–Kier alpha value is -2.60. The molecule has 3 aromatic rings. The number of H-pyrrole nitrogens is 1. The number of ether oxygens (including phenoxy) is 1. The standard InChI is InChI=1S/C21H27N5O/c1-4-8-26-15(2)17(10-24-26)11-25-12-19(21-20(13-25)22-14-23-21)16-6-5-7-18(9-16)27-3/h5-7,9-10,14,19H,4,8,11-13H2,1-3H3,(H,22,23). The Kier molecular flexibility index (Phi) is 4.99. The van der Waals surface area contributed by atoms with Crippen LogP contribution < -0.4 is 4.74 Å². The zero-order chi connectivity index (χ0) is 18.8. The summed E-state index contributed by atoms with van der Waals surface area (Å²) in [7, 11) is 1.71. The van der Waals surface area contributed by atoms with Crippen molar-refractivity contribution in [2.24, 2.45) is 0 Å². The molecule has 0 saturated carbocycles. The number of rotatable bonds is 6. The van der Waals surface area contributed by atoms with Crippen LogP contribution in [0.1, 0.15) is 47.5 Å². The first-order valence-corrected chi connectivity index (χ1v) is 9.59. The van der Waals surface area contributed by atoms with Crippen LogP contribution in [0.25, 0.3) is 0 Å². The van der Waals surface area contributed by atoms with Crippen molar-refractivity contribution < 1.29 is 4.74 Å². The first-order chi connectivity index (χ1) is 13.2. The molecule has 1 aliphatic rings. The molecule has 1 aromatic carbocycles. The maximum Gasteiger partial charge on any atom is 0.119 e. The summed E-state index contributed by atoms with van der Waals surface area (Å²) in [6, 6.07) is 8.33. The summed E-state index contributed by atoms with van der Waals surface area (Å²) in [5.74, 6) is 1.12. The Balaban J connectivity index is 1.60. The molecule has 1 unspecified atom stereocenters. The van der Waals surface area contributed by atoms with Crippen molar-refractivity contribution in [3.05, 3.63) is 65.0 Å². The molecule has 0 fully saturated rings.